The summed E-state index contributed by atoms with van der Waals surface area (Å²) in [5, 5.41) is 12.5. The Morgan fingerprint density at radius 3 is 2.71 bits per heavy atom. The van der Waals surface area contributed by atoms with Crippen molar-refractivity contribution in [2.24, 2.45) is 5.92 Å². The predicted molar refractivity (Wildman–Crippen MR) is 65.8 cm³/mol. The molecule has 1 rings (SSSR count). The van der Waals surface area contributed by atoms with Gasteiger partial charge in [0.1, 0.15) is 5.60 Å². The van der Waals surface area contributed by atoms with Crippen molar-refractivity contribution >= 4 is 6.09 Å². The van der Waals surface area contributed by atoms with Crippen LogP contribution in [0.3, 0.4) is 0 Å². The molecule has 17 heavy (non-hydrogen) atoms. The van der Waals surface area contributed by atoms with Gasteiger partial charge in [-0.25, -0.2) is 4.79 Å². The number of hydrogen-bond acceptors (Lipinski definition) is 4. The molecular weight excluding hydrogens is 220 g/mol. The Bertz CT molecular complexity index is 263. The van der Waals surface area contributed by atoms with Crippen LogP contribution in [0.15, 0.2) is 0 Å². The first-order chi connectivity index (χ1) is 7.85. The highest BCUT2D eigenvalue weighted by atomic mass is 16.6. The zero-order valence-corrected chi connectivity index (χ0v) is 11.2. The second kappa shape index (κ2) is 5.69. The van der Waals surface area contributed by atoms with Crippen LogP contribution in [0.2, 0.25) is 0 Å². The van der Waals surface area contributed by atoms with Gasteiger partial charge in [-0.3, -0.25) is 0 Å². The largest absolute Gasteiger partial charge is 0.444 e. The molecule has 2 atom stereocenters. The molecule has 1 fully saturated rings. The van der Waals surface area contributed by atoms with E-state index in [0.29, 0.717) is 6.54 Å². The van der Waals surface area contributed by atoms with E-state index in [0.717, 1.165) is 13.1 Å². The molecule has 1 unspecified atom stereocenters. The number of aliphatic hydroxyl groups excluding tert-OH is 1. The molecule has 5 nitrogen and oxygen atoms in total. The van der Waals surface area contributed by atoms with Gasteiger partial charge in [-0.2, -0.15) is 0 Å². The Balaban J connectivity index is 2.69. The molecule has 1 aliphatic rings. The van der Waals surface area contributed by atoms with Crippen molar-refractivity contribution < 1.29 is 14.6 Å². The van der Waals surface area contributed by atoms with Crippen molar-refractivity contribution in [2.45, 2.75) is 39.3 Å². The van der Waals surface area contributed by atoms with Crippen LogP contribution in [0.1, 0.15) is 27.7 Å². The van der Waals surface area contributed by atoms with Gasteiger partial charge >= 0.3 is 6.09 Å². The molecule has 2 N–H and O–H groups in total. The minimum absolute atomic E-state index is 0.00940. The van der Waals surface area contributed by atoms with E-state index in [9.17, 15) is 9.90 Å². The SMILES string of the molecule is C[C@@H]1C(CO)CNCCN1C(=O)OC(C)(C)C. The molecule has 1 heterocycles. The number of nitrogens with zero attached hydrogens (tertiary/aromatic N) is 1. The highest BCUT2D eigenvalue weighted by Crippen LogP contribution is 2.17. The lowest BCUT2D eigenvalue weighted by Crippen LogP contribution is -2.46. The minimum atomic E-state index is -0.481. The Hall–Kier alpha value is -0.810. The van der Waals surface area contributed by atoms with Gasteiger partial charge in [0.25, 0.3) is 0 Å². The van der Waals surface area contributed by atoms with Crippen LogP contribution in [-0.2, 0) is 4.74 Å². The average molecular weight is 244 g/mol. The van der Waals surface area contributed by atoms with Crippen LogP contribution in [0.4, 0.5) is 4.79 Å². The van der Waals surface area contributed by atoms with Gasteiger partial charge in [-0.1, -0.05) is 0 Å². The summed E-state index contributed by atoms with van der Waals surface area (Å²) in [5.41, 5.74) is -0.481. The minimum Gasteiger partial charge on any atom is -0.444 e. The number of amides is 1. The van der Waals surface area contributed by atoms with E-state index >= 15 is 0 Å². The van der Waals surface area contributed by atoms with E-state index in [-0.39, 0.29) is 24.7 Å². The van der Waals surface area contributed by atoms with Crippen molar-refractivity contribution in [3.8, 4) is 0 Å². The highest BCUT2D eigenvalue weighted by Gasteiger charge is 2.31. The Morgan fingerprint density at radius 2 is 2.18 bits per heavy atom. The van der Waals surface area contributed by atoms with Gasteiger partial charge in [0, 0.05) is 38.2 Å². The second-order valence-corrected chi connectivity index (χ2v) is 5.56. The molecule has 1 saturated heterocycles. The van der Waals surface area contributed by atoms with Gasteiger partial charge in [-0.15, -0.1) is 0 Å². The van der Waals surface area contributed by atoms with Gasteiger partial charge in [0.15, 0.2) is 0 Å². The van der Waals surface area contributed by atoms with Gasteiger partial charge in [-0.05, 0) is 27.7 Å². The molecule has 0 aromatic carbocycles. The quantitative estimate of drug-likeness (QED) is 0.717. The summed E-state index contributed by atoms with van der Waals surface area (Å²) in [7, 11) is 0. The summed E-state index contributed by atoms with van der Waals surface area (Å²) in [5.74, 6) is 0.0602. The molecule has 0 aromatic rings. The van der Waals surface area contributed by atoms with Gasteiger partial charge in [0.2, 0.25) is 0 Å². The molecule has 5 heteroatoms. The molecule has 0 radical (unpaired) electrons. The number of ether oxygens (including phenoxy) is 1. The van der Waals surface area contributed by atoms with Gasteiger partial charge < -0.3 is 20.1 Å². The fourth-order valence-electron chi connectivity index (χ4n) is 1.91. The lowest BCUT2D eigenvalue weighted by Gasteiger charge is -2.32. The van der Waals surface area contributed by atoms with Crippen LogP contribution in [0, 0.1) is 5.92 Å². The lowest BCUT2D eigenvalue weighted by atomic mass is 10.0. The highest BCUT2D eigenvalue weighted by molar-refractivity contribution is 5.68. The first-order valence-corrected chi connectivity index (χ1v) is 6.16. The number of hydrogen-bond donors (Lipinski definition) is 2. The fraction of sp³-hybridized carbons (Fsp3) is 0.917. The van der Waals surface area contributed by atoms with Crippen LogP contribution >= 0.6 is 0 Å². The fourth-order valence-corrected chi connectivity index (χ4v) is 1.91. The molecule has 0 spiro atoms. The lowest BCUT2D eigenvalue weighted by molar-refractivity contribution is 0.0120. The monoisotopic (exact) mass is 244 g/mol. The zero-order valence-electron chi connectivity index (χ0n) is 11.2. The van der Waals surface area contributed by atoms with E-state index in [4.69, 9.17) is 4.74 Å². The number of aliphatic hydroxyl groups is 1. The van der Waals surface area contributed by atoms with E-state index < -0.39 is 5.60 Å². The first-order valence-electron chi connectivity index (χ1n) is 6.16. The molecule has 0 aliphatic carbocycles. The van der Waals surface area contributed by atoms with E-state index in [1.807, 2.05) is 27.7 Å². The summed E-state index contributed by atoms with van der Waals surface area (Å²) >= 11 is 0. The maximum atomic E-state index is 12.0. The smallest absolute Gasteiger partial charge is 0.410 e. The summed E-state index contributed by atoms with van der Waals surface area (Å²) < 4.78 is 5.37. The number of carbonyl (C=O) groups is 1. The Kier molecular flexibility index (Phi) is 4.77. The summed E-state index contributed by atoms with van der Waals surface area (Å²) in [6.45, 7) is 9.69. The number of carbonyl (C=O) groups excluding carboxylic acids is 1. The first kappa shape index (κ1) is 14.3. The summed E-state index contributed by atoms with van der Waals surface area (Å²) in [4.78, 5) is 13.7. The predicted octanol–water partition coefficient (Wildman–Crippen LogP) is 0.824. The Labute approximate surface area is 103 Å². The topological polar surface area (TPSA) is 61.8 Å². The van der Waals surface area contributed by atoms with Crippen LogP contribution in [0.25, 0.3) is 0 Å². The summed E-state index contributed by atoms with van der Waals surface area (Å²) in [6, 6.07) is -0.00940. The third kappa shape index (κ3) is 4.16. The van der Waals surface area contributed by atoms with Gasteiger partial charge in [0.05, 0.1) is 0 Å². The Morgan fingerprint density at radius 1 is 1.53 bits per heavy atom. The number of nitrogens with one attached hydrogen (secondary N) is 1. The van der Waals surface area contributed by atoms with Crippen LogP contribution in [0.5, 0.6) is 0 Å². The molecule has 0 saturated carbocycles. The third-order valence-corrected chi connectivity index (χ3v) is 2.97. The van der Waals surface area contributed by atoms with Crippen molar-refractivity contribution in [1.29, 1.82) is 0 Å². The van der Waals surface area contributed by atoms with Crippen LogP contribution < -0.4 is 5.32 Å². The second-order valence-electron chi connectivity index (χ2n) is 5.56. The zero-order chi connectivity index (χ0) is 13.1. The maximum absolute atomic E-state index is 12.0. The standard InChI is InChI=1S/C12H24N2O3/c1-9-10(8-15)7-13-5-6-14(9)11(16)17-12(2,3)4/h9-10,13,15H,5-8H2,1-4H3/t9-,10?/m1/s1. The van der Waals surface area contributed by atoms with Crippen molar-refractivity contribution in [2.75, 3.05) is 26.2 Å². The van der Waals surface area contributed by atoms with E-state index in [2.05, 4.69) is 5.32 Å². The molecule has 0 aromatic heterocycles. The average Bonchev–Trinajstić information content (AvgIpc) is 2.37. The molecular formula is C12H24N2O3. The van der Waals surface area contributed by atoms with Crippen molar-refractivity contribution in [1.82, 2.24) is 10.2 Å². The van der Waals surface area contributed by atoms with Crippen molar-refractivity contribution in [3.63, 3.8) is 0 Å². The van der Waals surface area contributed by atoms with Crippen LogP contribution in [-0.4, -0.2) is 54.0 Å². The van der Waals surface area contributed by atoms with Crippen molar-refractivity contribution in [3.05, 3.63) is 0 Å². The normalized spacial score (nSPS) is 26.5. The van der Waals surface area contributed by atoms with E-state index in [1.54, 1.807) is 4.90 Å². The maximum Gasteiger partial charge on any atom is 0.410 e. The molecule has 1 aliphatic heterocycles. The summed E-state index contributed by atoms with van der Waals surface area (Å²) in [6.07, 6.45) is -0.299. The number of rotatable bonds is 1. The molecule has 100 valence electrons. The third-order valence-electron chi connectivity index (χ3n) is 2.97. The molecule has 0 bridgehead atoms. The van der Waals surface area contributed by atoms with E-state index in [1.165, 1.54) is 0 Å². The molecule has 1 amide bonds.